The van der Waals surface area contributed by atoms with Crippen molar-refractivity contribution in [2.75, 3.05) is 0 Å². The van der Waals surface area contributed by atoms with Crippen molar-refractivity contribution in [3.8, 4) is 0 Å². The van der Waals surface area contributed by atoms with E-state index in [1.807, 2.05) is 38.4 Å². The fourth-order valence-electron chi connectivity index (χ4n) is 1.64. The Balaban J connectivity index is 2.42. The molecular weight excluding hydrogens is 210 g/mol. The summed E-state index contributed by atoms with van der Waals surface area (Å²) >= 11 is 0. The molecule has 0 aliphatic heterocycles. The van der Waals surface area contributed by atoms with Gasteiger partial charge in [0, 0.05) is 29.6 Å². The third-order valence-corrected chi connectivity index (χ3v) is 2.49. The molecule has 1 N–H and O–H groups in total. The molecule has 0 saturated heterocycles. The first-order valence-corrected chi connectivity index (χ1v) is 5.50. The first-order chi connectivity index (χ1) is 8.22. The van der Waals surface area contributed by atoms with Gasteiger partial charge < -0.3 is 4.98 Å². The lowest BCUT2D eigenvalue weighted by molar-refractivity contribution is 1.29. The van der Waals surface area contributed by atoms with Gasteiger partial charge in [-0.2, -0.15) is 0 Å². The molecule has 0 radical (unpaired) electrons. The number of aromatic nitrogens is 2. The van der Waals surface area contributed by atoms with Crippen LogP contribution in [0.3, 0.4) is 0 Å². The highest BCUT2D eigenvalue weighted by Crippen LogP contribution is 2.23. The van der Waals surface area contributed by atoms with E-state index in [-0.39, 0.29) is 0 Å². The quantitative estimate of drug-likeness (QED) is 0.798. The minimum absolute atomic E-state index is 0.738. The number of allylic oxidation sites excluding steroid dienone is 2. The zero-order valence-electron chi connectivity index (χ0n) is 10.1. The third kappa shape index (κ3) is 2.33. The topological polar surface area (TPSA) is 41.0 Å². The average Bonchev–Trinajstić information content (AvgIpc) is 2.72. The molecule has 2 heterocycles. The van der Waals surface area contributed by atoms with E-state index in [1.165, 1.54) is 0 Å². The number of pyridine rings is 1. The Morgan fingerprint density at radius 1 is 1.53 bits per heavy atom. The second-order valence-corrected chi connectivity index (χ2v) is 3.86. The molecule has 0 atom stereocenters. The van der Waals surface area contributed by atoms with Crippen LogP contribution in [0.2, 0.25) is 0 Å². The summed E-state index contributed by atoms with van der Waals surface area (Å²) < 4.78 is 0. The summed E-state index contributed by atoms with van der Waals surface area (Å²) in [5.74, 6) is 0. The molecule has 2 aromatic heterocycles. The standard InChI is InChI=1S/C14H15N3/c1-4-5-6-15-11(3)13-9-17-14-12(13)7-10(2)8-16-14/h4-9H,3H2,1-2H3,(H,16,17)/b5-4-,15-6?. The number of hydrogen-bond acceptors (Lipinski definition) is 2. The van der Waals surface area contributed by atoms with Crippen LogP contribution in [0.25, 0.3) is 16.7 Å². The Morgan fingerprint density at radius 2 is 2.35 bits per heavy atom. The van der Waals surface area contributed by atoms with Gasteiger partial charge in [-0.05, 0) is 31.6 Å². The van der Waals surface area contributed by atoms with Crippen LogP contribution in [0.15, 0.2) is 42.2 Å². The van der Waals surface area contributed by atoms with Gasteiger partial charge in [-0.25, -0.2) is 4.98 Å². The highest BCUT2D eigenvalue weighted by atomic mass is 14.8. The molecule has 0 saturated carbocycles. The molecule has 0 aliphatic rings. The van der Waals surface area contributed by atoms with Gasteiger partial charge in [0.2, 0.25) is 0 Å². The number of nitrogens with one attached hydrogen (secondary N) is 1. The number of H-pyrrole nitrogens is 1. The zero-order valence-corrected chi connectivity index (χ0v) is 10.1. The minimum atomic E-state index is 0.738. The van der Waals surface area contributed by atoms with E-state index >= 15 is 0 Å². The highest BCUT2D eigenvalue weighted by molar-refractivity contribution is 5.92. The van der Waals surface area contributed by atoms with E-state index in [0.29, 0.717) is 0 Å². The van der Waals surface area contributed by atoms with E-state index in [4.69, 9.17) is 0 Å². The molecule has 2 aromatic rings. The van der Waals surface area contributed by atoms with Crippen molar-refractivity contribution in [1.82, 2.24) is 9.97 Å². The van der Waals surface area contributed by atoms with Crippen LogP contribution in [-0.2, 0) is 0 Å². The third-order valence-electron chi connectivity index (χ3n) is 2.49. The second kappa shape index (κ2) is 4.78. The van der Waals surface area contributed by atoms with Gasteiger partial charge in [-0.15, -0.1) is 0 Å². The molecule has 2 rings (SSSR count). The van der Waals surface area contributed by atoms with E-state index < -0.39 is 0 Å². The lowest BCUT2D eigenvalue weighted by atomic mass is 10.1. The summed E-state index contributed by atoms with van der Waals surface area (Å²) in [4.78, 5) is 11.7. The maximum atomic E-state index is 4.32. The Morgan fingerprint density at radius 3 is 3.12 bits per heavy atom. The summed E-state index contributed by atoms with van der Waals surface area (Å²) in [5, 5.41) is 1.06. The van der Waals surface area contributed by atoms with Crippen LogP contribution in [0.5, 0.6) is 0 Å². The van der Waals surface area contributed by atoms with E-state index in [0.717, 1.165) is 27.9 Å². The van der Waals surface area contributed by atoms with Crippen LogP contribution in [-0.4, -0.2) is 16.2 Å². The Bertz CT molecular complexity index is 603. The second-order valence-electron chi connectivity index (χ2n) is 3.86. The number of aromatic amines is 1. The molecule has 3 nitrogen and oxygen atoms in total. The van der Waals surface area contributed by atoms with Crippen LogP contribution in [0.4, 0.5) is 0 Å². The Hall–Kier alpha value is -2.16. The van der Waals surface area contributed by atoms with E-state index in [9.17, 15) is 0 Å². The summed E-state index contributed by atoms with van der Waals surface area (Å²) in [6, 6.07) is 2.09. The number of nitrogens with zero attached hydrogens (tertiary/aromatic N) is 2. The van der Waals surface area contributed by atoms with Crippen molar-refractivity contribution in [2.45, 2.75) is 13.8 Å². The van der Waals surface area contributed by atoms with Crippen LogP contribution >= 0.6 is 0 Å². The maximum absolute atomic E-state index is 4.32. The first kappa shape index (κ1) is 11.3. The van der Waals surface area contributed by atoms with Gasteiger partial charge >= 0.3 is 0 Å². The van der Waals surface area contributed by atoms with Gasteiger partial charge in [0.1, 0.15) is 5.65 Å². The van der Waals surface area contributed by atoms with Gasteiger partial charge in [0.15, 0.2) is 0 Å². The monoisotopic (exact) mass is 225 g/mol. The largest absolute Gasteiger partial charge is 0.345 e. The summed E-state index contributed by atoms with van der Waals surface area (Å²) in [7, 11) is 0. The molecule has 0 bridgehead atoms. The number of hydrogen-bond donors (Lipinski definition) is 1. The lowest BCUT2D eigenvalue weighted by Crippen LogP contribution is -1.81. The highest BCUT2D eigenvalue weighted by Gasteiger charge is 2.06. The van der Waals surface area contributed by atoms with Crippen LogP contribution in [0, 0.1) is 6.92 Å². The predicted octanol–water partition coefficient (Wildman–Crippen LogP) is 3.49. The minimum Gasteiger partial charge on any atom is -0.345 e. The fraction of sp³-hybridized carbons (Fsp3) is 0.143. The summed E-state index contributed by atoms with van der Waals surface area (Å²) in [6.45, 7) is 7.94. The molecule has 0 fully saturated rings. The molecule has 86 valence electrons. The molecule has 3 heteroatoms. The Kier molecular flexibility index (Phi) is 3.19. The van der Waals surface area contributed by atoms with Gasteiger partial charge in [-0.3, -0.25) is 4.99 Å². The molecule has 0 amide bonds. The molecule has 0 aromatic carbocycles. The van der Waals surface area contributed by atoms with Crippen molar-refractivity contribution in [1.29, 1.82) is 0 Å². The number of fused-ring (bicyclic) bond motifs is 1. The predicted molar refractivity (Wildman–Crippen MR) is 73.2 cm³/mol. The molecule has 0 unspecified atom stereocenters. The normalized spacial score (nSPS) is 11.9. The Labute approximate surface area is 101 Å². The molecule has 17 heavy (non-hydrogen) atoms. The average molecular weight is 225 g/mol. The summed E-state index contributed by atoms with van der Waals surface area (Å²) in [5.41, 5.74) is 3.73. The number of aryl methyl sites for hydroxylation is 1. The zero-order chi connectivity index (χ0) is 12.3. The summed E-state index contributed by atoms with van der Waals surface area (Å²) in [6.07, 6.45) is 9.28. The van der Waals surface area contributed by atoms with E-state index in [1.54, 1.807) is 6.21 Å². The number of aliphatic imine (C=N–C) groups is 1. The van der Waals surface area contributed by atoms with Gasteiger partial charge in [-0.1, -0.05) is 12.7 Å². The SMILES string of the molecule is C=C(N=C/C=C\C)c1c[nH]c2ncc(C)cc12. The van der Waals surface area contributed by atoms with Gasteiger partial charge in [0.25, 0.3) is 0 Å². The molecule has 0 aliphatic carbocycles. The fourth-order valence-corrected chi connectivity index (χ4v) is 1.64. The van der Waals surface area contributed by atoms with Crippen LogP contribution in [0.1, 0.15) is 18.1 Å². The van der Waals surface area contributed by atoms with Crippen LogP contribution < -0.4 is 0 Å². The lowest BCUT2D eigenvalue weighted by Gasteiger charge is -1.98. The van der Waals surface area contributed by atoms with Crippen molar-refractivity contribution < 1.29 is 0 Å². The smallest absolute Gasteiger partial charge is 0.137 e. The molecular formula is C14H15N3. The molecule has 0 spiro atoms. The van der Waals surface area contributed by atoms with Crippen molar-refractivity contribution >= 4 is 22.9 Å². The van der Waals surface area contributed by atoms with Crippen molar-refractivity contribution in [2.24, 2.45) is 4.99 Å². The van der Waals surface area contributed by atoms with Crippen molar-refractivity contribution in [3.63, 3.8) is 0 Å². The van der Waals surface area contributed by atoms with E-state index in [2.05, 4.69) is 27.6 Å². The maximum Gasteiger partial charge on any atom is 0.137 e. The van der Waals surface area contributed by atoms with Gasteiger partial charge in [0.05, 0.1) is 5.70 Å². The van der Waals surface area contributed by atoms with Crippen molar-refractivity contribution in [3.05, 3.63) is 48.3 Å². The first-order valence-electron chi connectivity index (χ1n) is 5.50. The number of rotatable bonds is 3.